The molecule has 2 N–H and O–H groups in total. The van der Waals surface area contributed by atoms with E-state index >= 15 is 0 Å². The molecule has 2 aromatic carbocycles. The second-order valence-corrected chi connectivity index (χ2v) is 8.56. The lowest BCUT2D eigenvalue weighted by Gasteiger charge is -2.11. The van der Waals surface area contributed by atoms with Gasteiger partial charge < -0.3 is 5.32 Å². The second kappa shape index (κ2) is 7.16. The quantitative estimate of drug-likeness (QED) is 0.683. The fraction of sp³-hybridized carbons (Fsp3) is 0.263. The van der Waals surface area contributed by atoms with Gasteiger partial charge >= 0.3 is 5.69 Å². The van der Waals surface area contributed by atoms with Crippen LogP contribution in [0.3, 0.4) is 0 Å². The average molecular weight is 402 g/mol. The number of amides is 1. The highest BCUT2D eigenvalue weighted by molar-refractivity contribution is 7.92. The summed E-state index contributed by atoms with van der Waals surface area (Å²) >= 11 is 0. The molecule has 8 nitrogen and oxygen atoms in total. The van der Waals surface area contributed by atoms with Crippen LogP contribution in [0.2, 0.25) is 0 Å². The summed E-state index contributed by atoms with van der Waals surface area (Å²) in [5, 5.41) is 2.75. The maximum Gasteiger partial charge on any atom is 0.328 e. The third-order valence-corrected chi connectivity index (χ3v) is 5.86. The summed E-state index contributed by atoms with van der Waals surface area (Å²) in [6.45, 7) is 3.58. The molecule has 148 valence electrons. The third kappa shape index (κ3) is 3.65. The number of aryl methyl sites for hydroxylation is 2. The van der Waals surface area contributed by atoms with Crippen molar-refractivity contribution in [3.8, 4) is 0 Å². The van der Waals surface area contributed by atoms with Crippen LogP contribution in [0.5, 0.6) is 0 Å². The van der Waals surface area contributed by atoms with Gasteiger partial charge in [-0.25, -0.2) is 13.2 Å². The molecule has 0 saturated heterocycles. The Hall–Kier alpha value is -3.07. The molecule has 0 saturated carbocycles. The van der Waals surface area contributed by atoms with Gasteiger partial charge in [0.2, 0.25) is 5.91 Å². The highest BCUT2D eigenvalue weighted by atomic mass is 32.2. The molecule has 0 bridgehead atoms. The van der Waals surface area contributed by atoms with Crippen LogP contribution in [0.1, 0.15) is 13.8 Å². The van der Waals surface area contributed by atoms with Gasteiger partial charge in [0.05, 0.1) is 15.9 Å². The Morgan fingerprint density at radius 1 is 0.929 bits per heavy atom. The minimum Gasteiger partial charge on any atom is -0.326 e. The van der Waals surface area contributed by atoms with E-state index in [4.69, 9.17) is 0 Å². The van der Waals surface area contributed by atoms with Crippen molar-refractivity contribution >= 4 is 38.3 Å². The zero-order chi connectivity index (χ0) is 20.6. The van der Waals surface area contributed by atoms with Gasteiger partial charge in [-0.05, 0) is 42.5 Å². The lowest BCUT2D eigenvalue weighted by molar-refractivity contribution is -0.118. The van der Waals surface area contributed by atoms with Crippen LogP contribution in [-0.2, 0) is 28.9 Å². The third-order valence-electron chi connectivity index (χ3n) is 4.48. The van der Waals surface area contributed by atoms with E-state index in [1.807, 2.05) is 0 Å². The van der Waals surface area contributed by atoms with Crippen LogP contribution in [0.25, 0.3) is 11.0 Å². The molecule has 0 radical (unpaired) electrons. The highest BCUT2D eigenvalue weighted by Gasteiger charge is 2.17. The van der Waals surface area contributed by atoms with E-state index in [2.05, 4.69) is 10.0 Å². The highest BCUT2D eigenvalue weighted by Crippen LogP contribution is 2.22. The topological polar surface area (TPSA) is 102 Å². The van der Waals surface area contributed by atoms with Crippen molar-refractivity contribution in [2.45, 2.75) is 18.7 Å². The van der Waals surface area contributed by atoms with E-state index in [9.17, 15) is 18.0 Å². The maximum atomic E-state index is 12.7. The van der Waals surface area contributed by atoms with Crippen LogP contribution in [0, 0.1) is 5.92 Å². The van der Waals surface area contributed by atoms with Crippen LogP contribution in [-0.4, -0.2) is 23.5 Å². The molecule has 0 atom stereocenters. The summed E-state index contributed by atoms with van der Waals surface area (Å²) in [6.07, 6.45) is 0. The first kappa shape index (κ1) is 19.7. The molecule has 3 rings (SSSR count). The number of fused-ring (bicyclic) bond motifs is 1. The Bertz CT molecular complexity index is 1210. The Morgan fingerprint density at radius 3 is 2.11 bits per heavy atom. The standard InChI is InChI=1S/C19H22N4O4S/c1-12(2)18(24)20-13-5-7-14(8-6-13)21-28(26,27)15-9-10-16-17(11-15)23(4)19(25)22(16)3/h5-12,21H,1-4H3,(H,20,24). The number of anilines is 2. The average Bonchev–Trinajstić information content (AvgIpc) is 2.87. The van der Waals surface area contributed by atoms with Gasteiger partial charge in [0.25, 0.3) is 10.0 Å². The van der Waals surface area contributed by atoms with Crippen molar-refractivity contribution in [2.75, 3.05) is 10.0 Å². The molecule has 1 aromatic heterocycles. The molecule has 1 heterocycles. The van der Waals surface area contributed by atoms with E-state index in [0.717, 1.165) is 0 Å². The normalized spacial score (nSPS) is 11.8. The molecule has 3 aromatic rings. The Morgan fingerprint density at radius 2 is 1.50 bits per heavy atom. The molecule has 0 aliphatic carbocycles. The lowest BCUT2D eigenvalue weighted by atomic mass is 10.2. The van der Waals surface area contributed by atoms with Gasteiger partial charge in [0.15, 0.2) is 0 Å². The first-order chi connectivity index (χ1) is 13.1. The summed E-state index contributed by atoms with van der Waals surface area (Å²) in [6, 6.07) is 10.9. The smallest absolute Gasteiger partial charge is 0.326 e. The van der Waals surface area contributed by atoms with Crippen LogP contribution in [0.15, 0.2) is 52.2 Å². The number of carbonyl (C=O) groups is 1. The number of nitrogens with zero attached hydrogens (tertiary/aromatic N) is 2. The first-order valence-corrected chi connectivity index (χ1v) is 10.2. The van der Waals surface area contributed by atoms with E-state index in [-0.39, 0.29) is 22.4 Å². The predicted octanol–water partition coefficient (Wildman–Crippen LogP) is 2.27. The summed E-state index contributed by atoms with van der Waals surface area (Å²) in [4.78, 5) is 23.8. The number of carbonyl (C=O) groups excluding carboxylic acids is 1. The van der Waals surface area contributed by atoms with Crippen LogP contribution < -0.4 is 15.7 Å². The number of rotatable bonds is 5. The minimum atomic E-state index is -3.84. The molecule has 0 fully saturated rings. The van der Waals surface area contributed by atoms with Gasteiger partial charge in [-0.3, -0.25) is 18.7 Å². The van der Waals surface area contributed by atoms with Gasteiger partial charge in [-0.2, -0.15) is 0 Å². The first-order valence-electron chi connectivity index (χ1n) is 8.69. The predicted molar refractivity (Wildman–Crippen MR) is 109 cm³/mol. The van der Waals surface area contributed by atoms with Crippen molar-refractivity contribution in [2.24, 2.45) is 20.0 Å². The monoisotopic (exact) mass is 402 g/mol. The van der Waals surface area contributed by atoms with Crippen molar-refractivity contribution in [1.29, 1.82) is 0 Å². The van der Waals surface area contributed by atoms with Crippen LogP contribution in [0.4, 0.5) is 11.4 Å². The van der Waals surface area contributed by atoms with E-state index in [1.54, 1.807) is 58.3 Å². The largest absolute Gasteiger partial charge is 0.328 e. The summed E-state index contributed by atoms with van der Waals surface area (Å²) in [5.41, 5.74) is 1.90. The van der Waals surface area contributed by atoms with Gasteiger partial charge in [-0.1, -0.05) is 13.8 Å². The lowest BCUT2D eigenvalue weighted by Crippen LogP contribution is -2.19. The van der Waals surface area contributed by atoms with E-state index in [1.165, 1.54) is 21.3 Å². The molecule has 28 heavy (non-hydrogen) atoms. The summed E-state index contributed by atoms with van der Waals surface area (Å²) in [5.74, 6) is -0.267. The minimum absolute atomic E-state index is 0.0541. The van der Waals surface area contributed by atoms with Gasteiger partial charge in [-0.15, -0.1) is 0 Å². The van der Waals surface area contributed by atoms with Crippen molar-refractivity contribution in [1.82, 2.24) is 9.13 Å². The van der Waals surface area contributed by atoms with Crippen molar-refractivity contribution in [3.63, 3.8) is 0 Å². The van der Waals surface area contributed by atoms with Crippen molar-refractivity contribution in [3.05, 3.63) is 52.9 Å². The van der Waals surface area contributed by atoms with Crippen LogP contribution >= 0.6 is 0 Å². The molecule has 9 heteroatoms. The van der Waals surface area contributed by atoms with Gasteiger partial charge in [0.1, 0.15) is 0 Å². The Balaban J connectivity index is 1.86. The fourth-order valence-corrected chi connectivity index (χ4v) is 3.85. The number of aromatic nitrogens is 2. The number of benzene rings is 2. The molecule has 0 aliphatic heterocycles. The molecule has 0 aliphatic rings. The molecule has 1 amide bonds. The fourth-order valence-electron chi connectivity index (χ4n) is 2.78. The maximum absolute atomic E-state index is 12.7. The second-order valence-electron chi connectivity index (χ2n) is 6.88. The number of nitrogens with one attached hydrogen (secondary N) is 2. The number of imidazole rings is 1. The zero-order valence-electron chi connectivity index (χ0n) is 16.1. The number of hydrogen-bond donors (Lipinski definition) is 2. The van der Waals surface area contributed by atoms with E-state index < -0.39 is 10.0 Å². The molecule has 0 unspecified atom stereocenters. The summed E-state index contributed by atoms with van der Waals surface area (Å²) in [7, 11) is -0.605. The van der Waals surface area contributed by atoms with E-state index in [0.29, 0.717) is 22.4 Å². The SMILES string of the molecule is CC(C)C(=O)Nc1ccc(NS(=O)(=O)c2ccc3c(c2)n(C)c(=O)n3C)cc1. The number of hydrogen-bond acceptors (Lipinski definition) is 4. The summed E-state index contributed by atoms with van der Waals surface area (Å²) < 4.78 is 30.8. The van der Waals surface area contributed by atoms with Crippen molar-refractivity contribution < 1.29 is 13.2 Å². The molecular formula is C19H22N4O4S. The number of sulfonamides is 1. The Kier molecular flexibility index (Phi) is 5.03. The molecule has 0 spiro atoms. The Labute approximate surface area is 162 Å². The van der Waals surface area contributed by atoms with Gasteiger partial charge in [0, 0.05) is 31.4 Å². The zero-order valence-corrected chi connectivity index (χ0v) is 16.9. The molecular weight excluding hydrogens is 380 g/mol.